The number of amides is 2. The standard InChI is InChI=1S/C20H29N3O/c24-20(22-11-4-5-12-22)21-17-13-18-9-6-10-19(14-17)23(18)15-16-7-2-1-3-8-16/h1-3,7-8,17-19H,4-6,9-15H2,(H,21,24). The Kier molecular flexibility index (Phi) is 4.74. The SMILES string of the molecule is O=C(NC1CC2CCCC(C1)N2Cc1ccccc1)N1CCCC1. The van der Waals surface area contributed by atoms with Crippen molar-refractivity contribution in [3.8, 4) is 0 Å². The number of benzene rings is 1. The van der Waals surface area contributed by atoms with Gasteiger partial charge in [-0.25, -0.2) is 4.79 Å². The summed E-state index contributed by atoms with van der Waals surface area (Å²) in [4.78, 5) is 17.1. The fourth-order valence-electron chi connectivity index (χ4n) is 4.83. The number of piperidine rings is 2. The Balaban J connectivity index is 1.38. The Morgan fingerprint density at radius 3 is 2.33 bits per heavy atom. The second-order valence-corrected chi connectivity index (χ2v) is 7.71. The minimum absolute atomic E-state index is 0.173. The first kappa shape index (κ1) is 15.9. The van der Waals surface area contributed by atoms with Crippen molar-refractivity contribution in [2.45, 2.75) is 69.6 Å². The molecule has 0 spiro atoms. The van der Waals surface area contributed by atoms with Gasteiger partial charge in [-0.2, -0.15) is 0 Å². The second-order valence-electron chi connectivity index (χ2n) is 7.71. The lowest BCUT2D eigenvalue weighted by atomic mass is 9.81. The van der Waals surface area contributed by atoms with Gasteiger partial charge in [0.25, 0.3) is 0 Å². The van der Waals surface area contributed by atoms with Crippen molar-refractivity contribution >= 4 is 6.03 Å². The predicted octanol–water partition coefficient (Wildman–Crippen LogP) is 3.38. The molecule has 3 aliphatic heterocycles. The fraction of sp³-hybridized carbons (Fsp3) is 0.650. The van der Waals surface area contributed by atoms with E-state index >= 15 is 0 Å². The molecule has 4 nitrogen and oxygen atoms in total. The summed E-state index contributed by atoms with van der Waals surface area (Å²) in [5.74, 6) is 0. The number of fused-ring (bicyclic) bond motifs is 2. The number of likely N-dealkylation sites (tertiary alicyclic amines) is 1. The molecule has 130 valence electrons. The van der Waals surface area contributed by atoms with Gasteiger partial charge >= 0.3 is 6.03 Å². The molecular weight excluding hydrogens is 298 g/mol. The smallest absolute Gasteiger partial charge is 0.317 e. The molecule has 1 aromatic carbocycles. The van der Waals surface area contributed by atoms with Crippen molar-refractivity contribution in [3.63, 3.8) is 0 Å². The molecule has 1 aromatic rings. The lowest BCUT2D eigenvalue weighted by Gasteiger charge is -2.49. The van der Waals surface area contributed by atoms with Crippen LogP contribution in [0.15, 0.2) is 30.3 Å². The van der Waals surface area contributed by atoms with Crippen LogP contribution in [0.1, 0.15) is 50.5 Å². The average molecular weight is 327 g/mol. The summed E-state index contributed by atoms with van der Waals surface area (Å²) in [6, 6.07) is 12.6. The van der Waals surface area contributed by atoms with Crippen LogP contribution < -0.4 is 5.32 Å². The quantitative estimate of drug-likeness (QED) is 0.924. The lowest BCUT2D eigenvalue weighted by Crippen LogP contribution is -2.57. The maximum atomic E-state index is 12.4. The Labute approximate surface area is 145 Å². The van der Waals surface area contributed by atoms with E-state index in [9.17, 15) is 4.79 Å². The molecule has 2 bridgehead atoms. The van der Waals surface area contributed by atoms with Crippen molar-refractivity contribution in [3.05, 3.63) is 35.9 Å². The zero-order chi connectivity index (χ0) is 16.4. The summed E-state index contributed by atoms with van der Waals surface area (Å²) in [6.07, 6.45) is 8.44. The van der Waals surface area contributed by atoms with E-state index in [1.807, 2.05) is 4.90 Å². The van der Waals surface area contributed by atoms with Gasteiger partial charge in [0.05, 0.1) is 0 Å². The fourth-order valence-corrected chi connectivity index (χ4v) is 4.83. The molecule has 4 heteroatoms. The molecule has 3 heterocycles. The summed E-state index contributed by atoms with van der Waals surface area (Å²) in [7, 11) is 0. The van der Waals surface area contributed by atoms with Crippen molar-refractivity contribution in [1.82, 2.24) is 15.1 Å². The third-order valence-electron chi connectivity index (χ3n) is 6.05. The van der Waals surface area contributed by atoms with Crippen LogP contribution in [0.3, 0.4) is 0 Å². The van der Waals surface area contributed by atoms with Crippen LogP contribution >= 0.6 is 0 Å². The van der Waals surface area contributed by atoms with Gasteiger partial charge in [0.1, 0.15) is 0 Å². The summed E-state index contributed by atoms with van der Waals surface area (Å²) in [5.41, 5.74) is 1.41. The first-order valence-corrected chi connectivity index (χ1v) is 9.65. The summed E-state index contributed by atoms with van der Waals surface area (Å²) >= 11 is 0. The highest BCUT2D eigenvalue weighted by atomic mass is 16.2. The zero-order valence-corrected chi connectivity index (χ0v) is 14.5. The molecule has 3 aliphatic rings. The average Bonchev–Trinajstić information content (AvgIpc) is 3.11. The maximum Gasteiger partial charge on any atom is 0.317 e. The van der Waals surface area contributed by atoms with E-state index in [2.05, 4.69) is 40.5 Å². The number of carbonyl (C=O) groups excluding carboxylic acids is 1. The topological polar surface area (TPSA) is 35.6 Å². The maximum absolute atomic E-state index is 12.4. The Morgan fingerprint density at radius 1 is 1.00 bits per heavy atom. The number of carbonyl (C=O) groups is 1. The minimum Gasteiger partial charge on any atom is -0.335 e. The van der Waals surface area contributed by atoms with E-state index in [4.69, 9.17) is 0 Å². The minimum atomic E-state index is 0.173. The van der Waals surface area contributed by atoms with Crippen LogP contribution in [-0.4, -0.2) is 47.0 Å². The van der Waals surface area contributed by atoms with Gasteiger partial charge in [-0.15, -0.1) is 0 Å². The first-order chi connectivity index (χ1) is 11.8. The number of nitrogens with one attached hydrogen (secondary N) is 1. The molecule has 3 saturated heterocycles. The van der Waals surface area contributed by atoms with E-state index in [0.29, 0.717) is 18.1 Å². The van der Waals surface area contributed by atoms with Gasteiger partial charge in [-0.3, -0.25) is 4.90 Å². The van der Waals surface area contributed by atoms with Gasteiger partial charge in [-0.1, -0.05) is 36.8 Å². The van der Waals surface area contributed by atoms with Gasteiger partial charge in [0.15, 0.2) is 0 Å². The highest BCUT2D eigenvalue weighted by Crippen LogP contribution is 2.35. The highest BCUT2D eigenvalue weighted by Gasteiger charge is 2.39. The van der Waals surface area contributed by atoms with Crippen molar-refractivity contribution in [1.29, 1.82) is 0 Å². The van der Waals surface area contributed by atoms with E-state index in [1.165, 1.54) is 24.8 Å². The number of hydrogen-bond donors (Lipinski definition) is 1. The molecule has 2 atom stereocenters. The summed E-state index contributed by atoms with van der Waals surface area (Å²) in [6.45, 7) is 2.93. The second kappa shape index (κ2) is 7.14. The van der Waals surface area contributed by atoms with Crippen LogP contribution in [0, 0.1) is 0 Å². The zero-order valence-electron chi connectivity index (χ0n) is 14.5. The molecule has 0 radical (unpaired) electrons. The van der Waals surface area contributed by atoms with E-state index in [0.717, 1.165) is 45.3 Å². The Morgan fingerprint density at radius 2 is 1.67 bits per heavy atom. The van der Waals surface area contributed by atoms with Crippen LogP contribution in [0.5, 0.6) is 0 Å². The predicted molar refractivity (Wildman–Crippen MR) is 95.8 cm³/mol. The lowest BCUT2D eigenvalue weighted by molar-refractivity contribution is 0.0189. The van der Waals surface area contributed by atoms with Gasteiger partial charge in [0, 0.05) is 37.8 Å². The van der Waals surface area contributed by atoms with Gasteiger partial charge in [-0.05, 0) is 44.1 Å². The van der Waals surface area contributed by atoms with E-state index in [-0.39, 0.29) is 6.03 Å². The van der Waals surface area contributed by atoms with Crippen LogP contribution in [0.25, 0.3) is 0 Å². The molecule has 1 N–H and O–H groups in total. The molecule has 0 saturated carbocycles. The molecule has 24 heavy (non-hydrogen) atoms. The third-order valence-corrected chi connectivity index (χ3v) is 6.05. The molecule has 2 amide bonds. The number of hydrogen-bond acceptors (Lipinski definition) is 2. The van der Waals surface area contributed by atoms with Gasteiger partial charge in [0.2, 0.25) is 0 Å². The van der Waals surface area contributed by atoms with Crippen LogP contribution in [0.4, 0.5) is 4.79 Å². The molecular formula is C20H29N3O. The van der Waals surface area contributed by atoms with Crippen LogP contribution in [0.2, 0.25) is 0 Å². The highest BCUT2D eigenvalue weighted by molar-refractivity contribution is 5.74. The molecule has 0 aliphatic carbocycles. The van der Waals surface area contributed by atoms with Crippen molar-refractivity contribution < 1.29 is 4.79 Å². The Hall–Kier alpha value is -1.55. The van der Waals surface area contributed by atoms with E-state index < -0.39 is 0 Å². The first-order valence-electron chi connectivity index (χ1n) is 9.65. The normalized spacial score (nSPS) is 30.3. The largest absolute Gasteiger partial charge is 0.335 e. The number of rotatable bonds is 3. The molecule has 2 unspecified atom stereocenters. The van der Waals surface area contributed by atoms with Gasteiger partial charge < -0.3 is 10.2 Å². The summed E-state index contributed by atoms with van der Waals surface area (Å²) < 4.78 is 0. The third kappa shape index (κ3) is 3.44. The van der Waals surface area contributed by atoms with E-state index in [1.54, 1.807) is 0 Å². The molecule has 3 fully saturated rings. The van der Waals surface area contributed by atoms with Crippen LogP contribution in [-0.2, 0) is 6.54 Å². The van der Waals surface area contributed by atoms with Crippen molar-refractivity contribution in [2.24, 2.45) is 0 Å². The number of nitrogens with zero attached hydrogens (tertiary/aromatic N) is 2. The summed E-state index contributed by atoms with van der Waals surface area (Å²) in [5, 5.41) is 3.33. The Bertz CT molecular complexity index is 541. The molecule has 4 rings (SSSR count). The van der Waals surface area contributed by atoms with Crippen molar-refractivity contribution in [2.75, 3.05) is 13.1 Å². The molecule has 0 aromatic heterocycles. The monoisotopic (exact) mass is 327 g/mol. The number of urea groups is 1.